The highest BCUT2D eigenvalue weighted by molar-refractivity contribution is 5.35. The molecule has 0 saturated heterocycles. The predicted octanol–water partition coefficient (Wildman–Crippen LogP) is 4.83. The molecule has 1 aromatic carbocycles. The van der Waals surface area contributed by atoms with Crippen molar-refractivity contribution < 1.29 is 4.74 Å². The van der Waals surface area contributed by atoms with Gasteiger partial charge in [0.05, 0.1) is 6.61 Å². The Labute approximate surface area is 111 Å². The lowest BCUT2D eigenvalue weighted by molar-refractivity contribution is 0.252. The zero-order chi connectivity index (χ0) is 13.8. The Morgan fingerprint density at radius 2 is 2.00 bits per heavy atom. The van der Waals surface area contributed by atoms with Gasteiger partial charge in [0.25, 0.3) is 0 Å². The van der Waals surface area contributed by atoms with E-state index in [0.29, 0.717) is 0 Å². The van der Waals surface area contributed by atoms with Crippen LogP contribution in [0.5, 0.6) is 5.75 Å². The molecule has 0 aliphatic carbocycles. The summed E-state index contributed by atoms with van der Waals surface area (Å²) < 4.78 is 5.89. The van der Waals surface area contributed by atoms with Gasteiger partial charge in [-0.1, -0.05) is 32.6 Å². The van der Waals surface area contributed by atoms with Gasteiger partial charge in [-0.05, 0) is 55.4 Å². The van der Waals surface area contributed by atoms with Crippen LogP contribution in [0.2, 0.25) is 0 Å². The molecule has 0 N–H and O–H groups in total. The number of hydrogen-bond donors (Lipinski definition) is 0. The molecule has 18 heavy (non-hydrogen) atoms. The second kappa shape index (κ2) is 5.93. The third-order valence-electron chi connectivity index (χ3n) is 3.61. The van der Waals surface area contributed by atoms with Gasteiger partial charge in [0.2, 0.25) is 0 Å². The van der Waals surface area contributed by atoms with Gasteiger partial charge in [-0.2, -0.15) is 0 Å². The number of benzene rings is 1. The highest BCUT2D eigenvalue weighted by Crippen LogP contribution is 2.29. The summed E-state index contributed by atoms with van der Waals surface area (Å²) in [5, 5.41) is 0. The van der Waals surface area contributed by atoms with Crippen LogP contribution in [-0.4, -0.2) is 6.61 Å². The van der Waals surface area contributed by atoms with Crippen molar-refractivity contribution >= 4 is 0 Å². The largest absolute Gasteiger partial charge is 0.493 e. The predicted molar refractivity (Wildman–Crippen MR) is 78.1 cm³/mol. The first kappa shape index (κ1) is 14.6. The van der Waals surface area contributed by atoms with Crippen molar-refractivity contribution in [1.82, 2.24) is 0 Å². The van der Waals surface area contributed by atoms with E-state index in [1.165, 1.54) is 16.7 Å². The monoisotopic (exact) mass is 244 g/mol. The van der Waals surface area contributed by atoms with Crippen LogP contribution in [0.4, 0.5) is 0 Å². The quantitative estimate of drug-likeness (QED) is 0.674. The highest BCUT2D eigenvalue weighted by atomic mass is 16.5. The normalized spacial score (nSPS) is 10.9. The van der Waals surface area contributed by atoms with Crippen LogP contribution in [0.1, 0.15) is 38.3 Å². The van der Waals surface area contributed by atoms with Crippen LogP contribution in [0.25, 0.3) is 0 Å². The third kappa shape index (κ3) is 3.78. The zero-order valence-corrected chi connectivity index (χ0v) is 12.3. The first-order valence-corrected chi connectivity index (χ1v) is 6.44. The van der Waals surface area contributed by atoms with E-state index in [9.17, 15) is 0 Å². The van der Waals surface area contributed by atoms with E-state index in [4.69, 9.17) is 4.74 Å². The first-order valence-electron chi connectivity index (χ1n) is 6.44. The van der Waals surface area contributed by atoms with Gasteiger partial charge in [-0.3, -0.25) is 0 Å². The summed E-state index contributed by atoms with van der Waals surface area (Å²) in [7, 11) is 0. The smallest absolute Gasteiger partial charge is 0.122 e. The highest BCUT2D eigenvalue weighted by Gasteiger charge is 2.19. The summed E-state index contributed by atoms with van der Waals surface area (Å²) >= 11 is 0. The van der Waals surface area contributed by atoms with Crippen molar-refractivity contribution in [2.24, 2.45) is 5.41 Å². The molecule has 1 rings (SSSR count). The molecule has 0 fully saturated rings. The fourth-order valence-electron chi connectivity index (χ4n) is 1.71. The lowest BCUT2D eigenvalue weighted by atomic mass is 9.83. The maximum absolute atomic E-state index is 5.89. The third-order valence-corrected chi connectivity index (χ3v) is 3.61. The number of hydrogen-bond acceptors (Lipinski definition) is 1. The van der Waals surface area contributed by atoms with Crippen molar-refractivity contribution in [2.75, 3.05) is 6.61 Å². The minimum atomic E-state index is 0.0967. The van der Waals surface area contributed by atoms with Crippen LogP contribution < -0.4 is 4.74 Å². The summed E-state index contributed by atoms with van der Waals surface area (Å²) in [5.74, 6) is 0.992. The minimum Gasteiger partial charge on any atom is -0.493 e. The fraction of sp³-hybridized carbons (Fsp3) is 0.471. The number of allylic oxidation sites excluding steroid dienone is 1. The summed E-state index contributed by atoms with van der Waals surface area (Å²) in [6.07, 6.45) is 0.967. The van der Waals surface area contributed by atoms with Gasteiger partial charge >= 0.3 is 0 Å². The molecule has 0 saturated carbocycles. The van der Waals surface area contributed by atoms with Crippen molar-refractivity contribution in [3.05, 3.63) is 47.2 Å². The fourth-order valence-corrected chi connectivity index (χ4v) is 1.71. The Balaban J connectivity index is 2.62. The molecular weight excluding hydrogens is 220 g/mol. The summed E-state index contributed by atoms with van der Waals surface area (Å²) in [6, 6.07) is 6.31. The van der Waals surface area contributed by atoms with Crippen molar-refractivity contribution in [3.8, 4) is 5.75 Å². The van der Waals surface area contributed by atoms with Gasteiger partial charge in [0, 0.05) is 0 Å². The molecule has 0 atom stereocenters. The van der Waals surface area contributed by atoms with E-state index in [1.807, 2.05) is 0 Å². The molecule has 1 nitrogen and oxygen atoms in total. The number of ether oxygens (including phenoxy) is 1. The van der Waals surface area contributed by atoms with E-state index < -0.39 is 0 Å². The van der Waals surface area contributed by atoms with Gasteiger partial charge < -0.3 is 4.74 Å². The first-order chi connectivity index (χ1) is 8.36. The zero-order valence-electron chi connectivity index (χ0n) is 12.3. The molecule has 0 heterocycles. The second-order valence-electron chi connectivity index (χ2n) is 5.55. The van der Waals surface area contributed by atoms with Crippen LogP contribution in [-0.2, 0) is 0 Å². The van der Waals surface area contributed by atoms with Crippen LogP contribution in [0.15, 0.2) is 36.1 Å². The van der Waals surface area contributed by atoms with Gasteiger partial charge in [-0.15, -0.1) is 5.73 Å². The van der Waals surface area contributed by atoms with E-state index >= 15 is 0 Å². The number of rotatable bonds is 5. The SMILES string of the molecule is C=C=C(C)C(C)(C)CCOc1cc(C)ccc1C. The topological polar surface area (TPSA) is 9.23 Å². The molecule has 0 aromatic heterocycles. The molecule has 0 aliphatic rings. The molecule has 98 valence electrons. The van der Waals surface area contributed by atoms with E-state index in [1.54, 1.807) is 0 Å². The van der Waals surface area contributed by atoms with E-state index in [2.05, 4.69) is 65.1 Å². The Morgan fingerprint density at radius 3 is 2.61 bits per heavy atom. The molecule has 0 aliphatic heterocycles. The van der Waals surface area contributed by atoms with E-state index in [0.717, 1.165) is 18.8 Å². The van der Waals surface area contributed by atoms with E-state index in [-0.39, 0.29) is 5.41 Å². The molecule has 0 amide bonds. The maximum Gasteiger partial charge on any atom is 0.122 e. The lowest BCUT2D eigenvalue weighted by Gasteiger charge is -2.24. The molecule has 0 radical (unpaired) electrons. The Hall–Kier alpha value is -1.46. The summed E-state index contributed by atoms with van der Waals surface area (Å²) in [6.45, 7) is 15.1. The van der Waals surface area contributed by atoms with Crippen molar-refractivity contribution in [1.29, 1.82) is 0 Å². The van der Waals surface area contributed by atoms with Crippen molar-refractivity contribution in [2.45, 2.75) is 41.0 Å². The average Bonchev–Trinajstić information content (AvgIpc) is 2.32. The summed E-state index contributed by atoms with van der Waals surface area (Å²) in [4.78, 5) is 0. The average molecular weight is 244 g/mol. The minimum absolute atomic E-state index is 0.0967. The Morgan fingerprint density at radius 1 is 1.33 bits per heavy atom. The van der Waals surface area contributed by atoms with Gasteiger partial charge in [0.15, 0.2) is 0 Å². The molecule has 1 aromatic rings. The molecule has 1 heteroatoms. The van der Waals surface area contributed by atoms with Crippen LogP contribution in [0, 0.1) is 19.3 Å². The Bertz CT molecular complexity index is 462. The van der Waals surface area contributed by atoms with Gasteiger partial charge in [0.1, 0.15) is 5.75 Å². The standard InChI is InChI=1S/C17H24O/c1-7-15(4)17(5,6)10-11-18-16-12-13(2)8-9-14(16)3/h8-9,12H,1,10-11H2,2-6H3. The van der Waals surface area contributed by atoms with Crippen LogP contribution in [0.3, 0.4) is 0 Å². The molecule has 0 unspecified atom stereocenters. The molecule has 0 bridgehead atoms. The van der Waals surface area contributed by atoms with Crippen molar-refractivity contribution in [3.63, 3.8) is 0 Å². The lowest BCUT2D eigenvalue weighted by Crippen LogP contribution is -2.17. The van der Waals surface area contributed by atoms with Crippen LogP contribution >= 0.6 is 0 Å². The molecular formula is C17H24O. The second-order valence-corrected chi connectivity index (χ2v) is 5.55. The molecule has 0 spiro atoms. The maximum atomic E-state index is 5.89. The summed E-state index contributed by atoms with van der Waals surface area (Å²) in [5.41, 5.74) is 6.69. The Kier molecular flexibility index (Phi) is 4.81. The van der Waals surface area contributed by atoms with Gasteiger partial charge in [-0.25, -0.2) is 0 Å². The number of aryl methyl sites for hydroxylation is 2.